The number of thioether (sulfide) groups is 1. The summed E-state index contributed by atoms with van der Waals surface area (Å²) < 4.78 is 28.3. The van der Waals surface area contributed by atoms with Crippen LogP contribution in [0, 0.1) is 0 Å². The first-order valence-electron chi connectivity index (χ1n) is 7.42. The van der Waals surface area contributed by atoms with Crippen LogP contribution in [0.4, 0.5) is 8.78 Å². The zero-order valence-electron chi connectivity index (χ0n) is 13.4. The monoisotopic (exact) mass is 400 g/mol. The Morgan fingerprint density at radius 1 is 1.00 bits per heavy atom. The number of hydrazine groups is 1. The highest BCUT2D eigenvalue weighted by Gasteiger charge is 2.08. The summed E-state index contributed by atoms with van der Waals surface area (Å²) in [5.74, 6) is -0.658. The summed E-state index contributed by atoms with van der Waals surface area (Å²) in [6.45, 7) is -2.90. The third-order valence-electron chi connectivity index (χ3n) is 3.04. The van der Waals surface area contributed by atoms with Gasteiger partial charge >= 0.3 is 6.61 Å². The number of rotatable bonds is 7. The molecule has 0 spiro atoms. The number of hydrogen-bond acceptors (Lipinski definition) is 4. The van der Waals surface area contributed by atoms with Crippen LogP contribution < -0.4 is 15.6 Å². The van der Waals surface area contributed by atoms with Crippen LogP contribution in [-0.2, 0) is 16.0 Å². The maximum atomic E-state index is 12.1. The number of amides is 2. The van der Waals surface area contributed by atoms with E-state index < -0.39 is 12.5 Å². The molecule has 0 fully saturated rings. The minimum Gasteiger partial charge on any atom is -0.435 e. The first-order chi connectivity index (χ1) is 12.4. The van der Waals surface area contributed by atoms with E-state index in [1.807, 2.05) is 0 Å². The van der Waals surface area contributed by atoms with Gasteiger partial charge in [-0.05, 0) is 42.0 Å². The first kappa shape index (κ1) is 20.0. The molecule has 0 unspecified atom stereocenters. The zero-order valence-corrected chi connectivity index (χ0v) is 14.9. The van der Waals surface area contributed by atoms with Crippen molar-refractivity contribution in [3.63, 3.8) is 0 Å². The van der Waals surface area contributed by atoms with Crippen LogP contribution in [0.3, 0.4) is 0 Å². The fourth-order valence-electron chi connectivity index (χ4n) is 1.87. The van der Waals surface area contributed by atoms with Gasteiger partial charge in [0.05, 0.1) is 12.2 Å². The fraction of sp³-hybridized carbons (Fsp3) is 0.176. The van der Waals surface area contributed by atoms with Crippen molar-refractivity contribution in [3.05, 3.63) is 59.1 Å². The maximum absolute atomic E-state index is 12.1. The van der Waals surface area contributed by atoms with Crippen LogP contribution in [0.2, 0.25) is 5.02 Å². The van der Waals surface area contributed by atoms with E-state index in [0.717, 1.165) is 4.90 Å². The van der Waals surface area contributed by atoms with Gasteiger partial charge in [0.2, 0.25) is 11.8 Å². The number of hydrogen-bond donors (Lipinski definition) is 2. The van der Waals surface area contributed by atoms with Gasteiger partial charge in [0.15, 0.2) is 0 Å². The number of carbonyl (C=O) groups excluding carboxylic acids is 2. The molecule has 5 nitrogen and oxygen atoms in total. The highest BCUT2D eigenvalue weighted by Crippen LogP contribution is 2.19. The lowest BCUT2D eigenvalue weighted by Crippen LogP contribution is -2.43. The molecule has 2 N–H and O–H groups in total. The Kier molecular flexibility index (Phi) is 7.68. The van der Waals surface area contributed by atoms with Gasteiger partial charge < -0.3 is 4.74 Å². The molecule has 0 bridgehead atoms. The van der Waals surface area contributed by atoms with Crippen LogP contribution >= 0.6 is 23.4 Å². The van der Waals surface area contributed by atoms with Gasteiger partial charge in [-0.2, -0.15) is 8.78 Å². The zero-order chi connectivity index (χ0) is 18.9. The average molecular weight is 401 g/mol. The number of carbonyl (C=O) groups is 2. The summed E-state index contributed by atoms with van der Waals surface area (Å²) in [4.78, 5) is 24.4. The van der Waals surface area contributed by atoms with Crippen LogP contribution in [0.25, 0.3) is 0 Å². The summed E-state index contributed by atoms with van der Waals surface area (Å²) in [6, 6.07) is 12.7. The van der Waals surface area contributed by atoms with Gasteiger partial charge in [0, 0.05) is 9.92 Å². The summed E-state index contributed by atoms with van der Waals surface area (Å²) >= 11 is 7.08. The molecule has 0 saturated heterocycles. The Balaban J connectivity index is 1.70. The van der Waals surface area contributed by atoms with Gasteiger partial charge in [-0.15, -0.1) is 11.8 Å². The number of halogens is 3. The van der Waals surface area contributed by atoms with Gasteiger partial charge in [0.1, 0.15) is 5.75 Å². The standard InChI is InChI=1S/C17H15ClF2N2O3S/c18-12-3-7-14(8-4-12)26-10-16(24)22-21-15(23)9-11-1-5-13(6-2-11)25-17(19)20/h1-8,17H,9-10H2,(H,21,23)(H,22,24). The Morgan fingerprint density at radius 2 is 1.62 bits per heavy atom. The molecule has 0 aliphatic rings. The van der Waals surface area contributed by atoms with E-state index in [1.165, 1.54) is 36.0 Å². The molecular formula is C17H15ClF2N2O3S. The first-order valence-corrected chi connectivity index (χ1v) is 8.78. The second kappa shape index (κ2) is 9.98. The summed E-state index contributed by atoms with van der Waals surface area (Å²) in [5, 5.41) is 0.611. The topological polar surface area (TPSA) is 67.4 Å². The quantitative estimate of drug-likeness (QED) is 0.552. The molecule has 2 rings (SSSR count). The molecule has 0 atom stereocenters. The Bertz CT molecular complexity index is 743. The van der Waals surface area contributed by atoms with Crippen molar-refractivity contribution >= 4 is 35.2 Å². The van der Waals surface area contributed by atoms with Crippen molar-refractivity contribution in [2.45, 2.75) is 17.9 Å². The van der Waals surface area contributed by atoms with Crippen molar-refractivity contribution in [3.8, 4) is 5.75 Å². The molecule has 0 aliphatic heterocycles. The predicted octanol–water partition coefficient (Wildman–Crippen LogP) is 3.42. The van der Waals surface area contributed by atoms with E-state index >= 15 is 0 Å². The maximum Gasteiger partial charge on any atom is 0.387 e. The summed E-state index contributed by atoms with van der Waals surface area (Å²) in [6.07, 6.45) is -0.0143. The largest absolute Gasteiger partial charge is 0.435 e. The van der Waals surface area contributed by atoms with E-state index in [9.17, 15) is 18.4 Å². The number of ether oxygens (including phenoxy) is 1. The second-order valence-electron chi connectivity index (χ2n) is 5.04. The highest BCUT2D eigenvalue weighted by atomic mass is 35.5. The Hall–Kier alpha value is -2.32. The van der Waals surface area contributed by atoms with E-state index in [0.29, 0.717) is 10.6 Å². The van der Waals surface area contributed by atoms with Crippen LogP contribution in [0.1, 0.15) is 5.56 Å². The van der Waals surface area contributed by atoms with E-state index in [1.54, 1.807) is 24.3 Å². The molecule has 0 aliphatic carbocycles. The van der Waals surface area contributed by atoms with E-state index in [-0.39, 0.29) is 23.8 Å². The van der Waals surface area contributed by atoms with Crippen molar-refractivity contribution in [1.82, 2.24) is 10.9 Å². The average Bonchev–Trinajstić information content (AvgIpc) is 2.61. The van der Waals surface area contributed by atoms with Gasteiger partial charge in [-0.25, -0.2) is 0 Å². The molecule has 2 amide bonds. The summed E-state index contributed by atoms with van der Waals surface area (Å²) in [5.41, 5.74) is 5.20. The van der Waals surface area contributed by atoms with E-state index in [4.69, 9.17) is 11.6 Å². The molecule has 0 aromatic heterocycles. The van der Waals surface area contributed by atoms with Crippen LogP contribution in [0.5, 0.6) is 5.75 Å². The summed E-state index contributed by atoms with van der Waals surface area (Å²) in [7, 11) is 0. The minimum absolute atomic E-state index is 0.0108. The molecule has 9 heteroatoms. The van der Waals surface area contributed by atoms with Crippen molar-refractivity contribution in [2.24, 2.45) is 0 Å². The fourth-order valence-corrected chi connectivity index (χ4v) is 2.70. The van der Waals surface area contributed by atoms with E-state index in [2.05, 4.69) is 15.6 Å². The Labute approximate surface area is 158 Å². The Morgan fingerprint density at radius 3 is 2.23 bits per heavy atom. The molecule has 2 aromatic carbocycles. The van der Waals surface area contributed by atoms with Crippen molar-refractivity contribution in [2.75, 3.05) is 5.75 Å². The number of benzene rings is 2. The van der Waals surface area contributed by atoms with Crippen LogP contribution in [0.15, 0.2) is 53.4 Å². The SMILES string of the molecule is O=C(CSc1ccc(Cl)cc1)NNC(=O)Cc1ccc(OC(F)F)cc1. The molecule has 26 heavy (non-hydrogen) atoms. The van der Waals surface area contributed by atoms with Gasteiger partial charge in [-0.3, -0.25) is 20.4 Å². The third-order valence-corrected chi connectivity index (χ3v) is 4.30. The normalized spacial score (nSPS) is 10.5. The van der Waals surface area contributed by atoms with Gasteiger partial charge in [-0.1, -0.05) is 23.7 Å². The molecular weight excluding hydrogens is 386 g/mol. The third kappa shape index (κ3) is 7.28. The number of nitrogens with one attached hydrogen (secondary N) is 2. The van der Waals surface area contributed by atoms with Crippen LogP contribution in [-0.4, -0.2) is 24.2 Å². The lowest BCUT2D eigenvalue weighted by molar-refractivity contribution is -0.127. The highest BCUT2D eigenvalue weighted by molar-refractivity contribution is 8.00. The lowest BCUT2D eigenvalue weighted by atomic mass is 10.1. The molecule has 0 heterocycles. The molecule has 0 radical (unpaired) electrons. The van der Waals surface area contributed by atoms with Gasteiger partial charge in [0.25, 0.3) is 0 Å². The van der Waals surface area contributed by atoms with Crippen molar-refractivity contribution in [1.29, 1.82) is 0 Å². The molecule has 138 valence electrons. The molecule has 0 saturated carbocycles. The predicted molar refractivity (Wildman–Crippen MR) is 95.2 cm³/mol. The van der Waals surface area contributed by atoms with Crippen molar-refractivity contribution < 1.29 is 23.1 Å². The smallest absolute Gasteiger partial charge is 0.387 e. The lowest BCUT2D eigenvalue weighted by Gasteiger charge is -2.08. The second-order valence-corrected chi connectivity index (χ2v) is 6.52. The molecule has 2 aromatic rings. The number of alkyl halides is 2. The minimum atomic E-state index is -2.90.